The molecule has 0 atom stereocenters. The van der Waals surface area contributed by atoms with E-state index in [1.165, 1.54) is 5.56 Å². The molecule has 2 rings (SSSR count). The van der Waals surface area contributed by atoms with E-state index < -0.39 is 0 Å². The third-order valence-electron chi connectivity index (χ3n) is 2.73. The predicted molar refractivity (Wildman–Crippen MR) is 122 cm³/mol. The van der Waals surface area contributed by atoms with E-state index in [2.05, 4.69) is 35.0 Å². The van der Waals surface area contributed by atoms with E-state index in [1.54, 1.807) is 0 Å². The van der Waals surface area contributed by atoms with E-state index >= 15 is 0 Å². The summed E-state index contributed by atoms with van der Waals surface area (Å²) in [4.78, 5) is 0. The molecule has 3 nitrogen and oxygen atoms in total. The van der Waals surface area contributed by atoms with Crippen molar-refractivity contribution in [2.75, 3.05) is 39.3 Å². The summed E-state index contributed by atoms with van der Waals surface area (Å²) in [6, 6.07) is 18.2. The minimum absolute atomic E-state index is 0. The Morgan fingerprint density at radius 3 is 0.963 bits per heavy atom. The largest absolute Gasteiger partial charge is 0.663 e. The van der Waals surface area contributed by atoms with Gasteiger partial charge >= 0.3 is 0 Å². The summed E-state index contributed by atoms with van der Waals surface area (Å²) in [5.74, 6) is 0. The first kappa shape index (κ1) is 33.8. The van der Waals surface area contributed by atoms with Crippen LogP contribution in [0, 0.1) is 6.92 Å². The van der Waals surface area contributed by atoms with E-state index in [4.69, 9.17) is 0 Å². The summed E-state index contributed by atoms with van der Waals surface area (Å²) in [5.41, 5.74) is 1.34. The molecule has 158 valence electrons. The molecule has 0 aliphatic rings. The van der Waals surface area contributed by atoms with Gasteiger partial charge in [-0.05, 0) is 0 Å². The number of aryl methyl sites for hydroxylation is 1. The van der Waals surface area contributed by atoms with Crippen LogP contribution < -0.4 is 0 Å². The second kappa shape index (κ2) is 36.2. The molecule has 0 aromatic heterocycles. The molecule has 4 heteroatoms. The fraction of sp³-hybridized carbons (Fsp3) is 0.565. The Morgan fingerprint density at radius 2 is 0.889 bits per heavy atom. The molecule has 0 unspecified atom stereocenters. The monoisotopic (exact) mass is 408 g/mol. The average molecular weight is 408 g/mol. The SMILES string of the molecule is CC[N-]CC.CC[N-]CC.CC[N-]CC.C[c-]1cccc1.[Ti].c1cc[cH-]c1. The molecule has 27 heavy (non-hydrogen) atoms. The molecule has 2 aromatic rings. The molecule has 0 fully saturated rings. The van der Waals surface area contributed by atoms with Crippen LogP contribution in [-0.4, -0.2) is 39.3 Å². The zero-order chi connectivity index (χ0) is 20.3. The van der Waals surface area contributed by atoms with E-state index in [0.29, 0.717) is 0 Å². The molecule has 0 aliphatic carbocycles. The van der Waals surface area contributed by atoms with Crippen molar-refractivity contribution >= 4 is 0 Å². The summed E-state index contributed by atoms with van der Waals surface area (Å²) in [7, 11) is 0. The zero-order valence-corrected chi connectivity index (χ0v) is 20.3. The van der Waals surface area contributed by atoms with Crippen molar-refractivity contribution in [1.29, 1.82) is 0 Å². The van der Waals surface area contributed by atoms with Gasteiger partial charge in [0.15, 0.2) is 0 Å². The number of nitrogens with zero attached hydrogens (tertiary/aromatic N) is 3. The molecule has 0 saturated heterocycles. The average Bonchev–Trinajstić information content (AvgIpc) is 3.35. The minimum Gasteiger partial charge on any atom is -0.663 e. The standard InChI is InChI=1S/C6H7.C5H5.3C4H10N.Ti/c1-6-4-2-3-5-6;1-2-4-5-3-1;3*1-3-5-4-2;/h2-5H,1H3;1-5H;3*3-4H2,1-2H3;/q5*-1;. The van der Waals surface area contributed by atoms with Crippen molar-refractivity contribution in [3.63, 3.8) is 0 Å². The second-order valence-corrected chi connectivity index (χ2v) is 4.99. The second-order valence-electron chi connectivity index (χ2n) is 4.99. The van der Waals surface area contributed by atoms with Crippen LogP contribution in [-0.2, 0) is 21.7 Å². The van der Waals surface area contributed by atoms with Crippen LogP contribution in [0.1, 0.15) is 47.1 Å². The Labute approximate surface area is 185 Å². The molecule has 0 saturated carbocycles. The van der Waals surface area contributed by atoms with Crippen LogP contribution >= 0.6 is 0 Å². The molecule has 0 amide bonds. The number of hydrogen-bond donors (Lipinski definition) is 0. The van der Waals surface area contributed by atoms with Gasteiger partial charge in [0.2, 0.25) is 0 Å². The molecule has 0 radical (unpaired) electrons. The molecule has 0 bridgehead atoms. The molecule has 0 aliphatic heterocycles. The summed E-state index contributed by atoms with van der Waals surface area (Å²) >= 11 is 0. The Balaban J connectivity index is -0.000000122. The van der Waals surface area contributed by atoms with Gasteiger partial charge in [-0.15, -0.1) is 0 Å². The van der Waals surface area contributed by atoms with Crippen LogP contribution in [0.15, 0.2) is 54.6 Å². The zero-order valence-electron chi connectivity index (χ0n) is 18.8. The van der Waals surface area contributed by atoms with Crippen LogP contribution in [0.25, 0.3) is 16.0 Å². The van der Waals surface area contributed by atoms with Gasteiger partial charge in [0.25, 0.3) is 0 Å². The number of hydrogen-bond acceptors (Lipinski definition) is 0. The van der Waals surface area contributed by atoms with Gasteiger partial charge in [-0.25, -0.2) is 24.3 Å². The van der Waals surface area contributed by atoms with E-state index in [1.807, 2.05) is 84.0 Å². The van der Waals surface area contributed by atoms with Gasteiger partial charge in [0.05, 0.1) is 0 Å². The molecule has 2 aromatic carbocycles. The first-order chi connectivity index (χ1) is 12.6. The Bertz CT molecular complexity index is 335. The summed E-state index contributed by atoms with van der Waals surface area (Å²) in [6.07, 6.45) is 0. The summed E-state index contributed by atoms with van der Waals surface area (Å²) < 4.78 is 0. The molecular weight excluding hydrogens is 366 g/mol. The first-order valence-corrected chi connectivity index (χ1v) is 9.88. The Kier molecular flexibility index (Phi) is 45.4. The molecular formula is C23H42N3Ti-5. The van der Waals surface area contributed by atoms with Gasteiger partial charge < -0.3 is 16.0 Å². The smallest absolute Gasteiger partial charge is 0 e. The van der Waals surface area contributed by atoms with Crippen LogP contribution in [0.2, 0.25) is 0 Å². The Morgan fingerprint density at radius 1 is 0.593 bits per heavy atom. The molecule has 0 N–H and O–H groups in total. The maximum absolute atomic E-state index is 3.97. The van der Waals surface area contributed by atoms with Crippen LogP contribution in [0.3, 0.4) is 0 Å². The first-order valence-electron chi connectivity index (χ1n) is 9.88. The van der Waals surface area contributed by atoms with Gasteiger partial charge in [-0.2, -0.15) is 75.2 Å². The van der Waals surface area contributed by atoms with Crippen molar-refractivity contribution in [3.8, 4) is 0 Å². The molecule has 0 spiro atoms. The van der Waals surface area contributed by atoms with E-state index in [0.717, 1.165) is 39.3 Å². The fourth-order valence-corrected chi connectivity index (χ4v) is 1.46. The van der Waals surface area contributed by atoms with Crippen molar-refractivity contribution in [3.05, 3.63) is 76.1 Å². The normalized spacial score (nSPS) is 8.11. The quantitative estimate of drug-likeness (QED) is 0.355. The van der Waals surface area contributed by atoms with Gasteiger partial charge in [-0.3, -0.25) is 0 Å². The van der Waals surface area contributed by atoms with Crippen molar-refractivity contribution in [1.82, 2.24) is 0 Å². The van der Waals surface area contributed by atoms with Crippen molar-refractivity contribution in [2.24, 2.45) is 0 Å². The van der Waals surface area contributed by atoms with E-state index in [-0.39, 0.29) is 21.7 Å². The predicted octanol–water partition coefficient (Wildman–Crippen LogP) is 7.32. The topological polar surface area (TPSA) is 42.3 Å². The third-order valence-corrected chi connectivity index (χ3v) is 2.73. The minimum atomic E-state index is 0. The summed E-state index contributed by atoms with van der Waals surface area (Å²) in [6.45, 7) is 20.2. The van der Waals surface area contributed by atoms with Gasteiger partial charge in [-0.1, -0.05) is 48.5 Å². The Hall–Kier alpha value is -0.706. The molecule has 0 heterocycles. The van der Waals surface area contributed by atoms with Gasteiger partial charge in [0.1, 0.15) is 0 Å². The maximum Gasteiger partial charge on any atom is 0 e. The van der Waals surface area contributed by atoms with E-state index in [9.17, 15) is 0 Å². The third kappa shape index (κ3) is 45.9. The maximum atomic E-state index is 3.97. The van der Waals surface area contributed by atoms with Crippen molar-refractivity contribution < 1.29 is 21.7 Å². The van der Waals surface area contributed by atoms with Crippen molar-refractivity contribution in [2.45, 2.75) is 48.5 Å². The van der Waals surface area contributed by atoms with Gasteiger partial charge in [0, 0.05) is 21.7 Å². The van der Waals surface area contributed by atoms with Crippen LogP contribution in [0.4, 0.5) is 0 Å². The fourth-order valence-electron chi connectivity index (χ4n) is 1.46. The summed E-state index contributed by atoms with van der Waals surface area (Å²) in [5, 5.41) is 11.9. The van der Waals surface area contributed by atoms with Crippen LogP contribution in [0.5, 0.6) is 0 Å². The number of rotatable bonds is 6.